The van der Waals surface area contributed by atoms with Crippen LogP contribution in [0.15, 0.2) is 76.6 Å². The van der Waals surface area contributed by atoms with E-state index in [2.05, 4.69) is 10.1 Å². The van der Waals surface area contributed by atoms with E-state index in [0.29, 0.717) is 38.6 Å². The minimum Gasteiger partial charge on any atom is -0.493 e. The summed E-state index contributed by atoms with van der Waals surface area (Å²) in [6.07, 6.45) is 1.54. The molecule has 0 bridgehead atoms. The summed E-state index contributed by atoms with van der Waals surface area (Å²) >= 11 is 5.87. The predicted octanol–water partition coefficient (Wildman–Crippen LogP) is 5.28. The van der Waals surface area contributed by atoms with E-state index in [1.165, 1.54) is 18.0 Å². The second-order valence-corrected chi connectivity index (χ2v) is 8.25. The van der Waals surface area contributed by atoms with E-state index < -0.39 is 5.97 Å². The number of halogens is 1. The maximum Gasteiger partial charge on any atom is 0.343 e. The van der Waals surface area contributed by atoms with E-state index in [4.69, 9.17) is 21.1 Å². The van der Waals surface area contributed by atoms with Crippen LogP contribution in [0.2, 0.25) is 5.02 Å². The number of hydrogen-bond acceptors (Lipinski definition) is 6. The standard InChI is InChI=1S/C26H22ClN3O4/c1-16(2)24-29-21-7-5-4-6-20(21)25(31)30(24)28-15-17-8-13-22(23(14-17)33-3)34-26(32)18-9-11-19(27)12-10-18/h4-16H,1-3H3. The van der Waals surface area contributed by atoms with Crippen LogP contribution in [-0.2, 0) is 0 Å². The summed E-state index contributed by atoms with van der Waals surface area (Å²) < 4.78 is 12.2. The van der Waals surface area contributed by atoms with Gasteiger partial charge in [-0.15, -0.1) is 0 Å². The molecular formula is C26H22ClN3O4. The van der Waals surface area contributed by atoms with Crippen LogP contribution in [0.4, 0.5) is 0 Å². The second-order valence-electron chi connectivity index (χ2n) is 7.81. The first-order chi connectivity index (χ1) is 16.4. The molecule has 0 radical (unpaired) electrons. The fraction of sp³-hybridized carbons (Fsp3) is 0.154. The molecule has 1 heterocycles. The molecule has 0 unspecified atom stereocenters. The average molecular weight is 476 g/mol. The molecule has 7 nitrogen and oxygen atoms in total. The number of para-hydroxylation sites is 1. The molecule has 0 amide bonds. The van der Waals surface area contributed by atoms with E-state index in [9.17, 15) is 9.59 Å². The highest BCUT2D eigenvalue weighted by Gasteiger charge is 2.15. The molecule has 0 atom stereocenters. The van der Waals surface area contributed by atoms with Crippen LogP contribution in [-0.4, -0.2) is 29.0 Å². The number of esters is 1. The lowest BCUT2D eigenvalue weighted by Gasteiger charge is -2.12. The molecule has 0 saturated heterocycles. The zero-order valence-electron chi connectivity index (χ0n) is 18.9. The quantitative estimate of drug-likeness (QED) is 0.215. The van der Waals surface area contributed by atoms with Crippen molar-refractivity contribution in [1.82, 2.24) is 9.66 Å². The summed E-state index contributed by atoms with van der Waals surface area (Å²) in [5.41, 5.74) is 1.40. The summed E-state index contributed by atoms with van der Waals surface area (Å²) in [6.45, 7) is 3.91. The van der Waals surface area contributed by atoms with Crippen LogP contribution in [0.1, 0.15) is 41.5 Å². The Bertz CT molecular complexity index is 1440. The topological polar surface area (TPSA) is 82.8 Å². The van der Waals surface area contributed by atoms with Gasteiger partial charge in [0, 0.05) is 10.9 Å². The number of carbonyl (C=O) groups is 1. The van der Waals surface area contributed by atoms with E-state index in [1.807, 2.05) is 26.0 Å². The van der Waals surface area contributed by atoms with Crippen molar-refractivity contribution >= 4 is 34.7 Å². The highest BCUT2D eigenvalue weighted by Crippen LogP contribution is 2.28. The van der Waals surface area contributed by atoms with Crippen LogP contribution in [0.5, 0.6) is 11.5 Å². The predicted molar refractivity (Wildman–Crippen MR) is 132 cm³/mol. The summed E-state index contributed by atoms with van der Waals surface area (Å²) in [5.74, 6) is 0.608. The number of aromatic nitrogens is 2. The molecule has 1 aromatic heterocycles. The van der Waals surface area contributed by atoms with Gasteiger partial charge in [0.2, 0.25) is 0 Å². The smallest absolute Gasteiger partial charge is 0.343 e. The van der Waals surface area contributed by atoms with Gasteiger partial charge in [0.1, 0.15) is 5.82 Å². The summed E-state index contributed by atoms with van der Waals surface area (Å²) in [6, 6.07) is 18.6. The Kier molecular flexibility index (Phi) is 6.75. The Morgan fingerprint density at radius 1 is 1.06 bits per heavy atom. The van der Waals surface area contributed by atoms with Gasteiger partial charge in [0.05, 0.1) is 29.8 Å². The van der Waals surface area contributed by atoms with Gasteiger partial charge in [-0.05, 0) is 60.2 Å². The van der Waals surface area contributed by atoms with Crippen LogP contribution in [0.3, 0.4) is 0 Å². The second kappa shape index (κ2) is 9.89. The van der Waals surface area contributed by atoms with E-state index in [0.717, 1.165) is 0 Å². The van der Waals surface area contributed by atoms with Crippen molar-refractivity contribution in [2.45, 2.75) is 19.8 Å². The van der Waals surface area contributed by atoms with E-state index in [1.54, 1.807) is 54.6 Å². The monoisotopic (exact) mass is 475 g/mol. The van der Waals surface area contributed by atoms with E-state index >= 15 is 0 Å². The molecule has 3 aromatic carbocycles. The fourth-order valence-corrected chi connectivity index (χ4v) is 3.47. The van der Waals surface area contributed by atoms with Crippen molar-refractivity contribution in [1.29, 1.82) is 0 Å². The van der Waals surface area contributed by atoms with Gasteiger partial charge < -0.3 is 9.47 Å². The number of nitrogens with zero attached hydrogens (tertiary/aromatic N) is 3. The first-order valence-corrected chi connectivity index (χ1v) is 11.0. The molecule has 4 aromatic rings. The zero-order valence-corrected chi connectivity index (χ0v) is 19.6. The lowest BCUT2D eigenvalue weighted by Crippen LogP contribution is -2.23. The minimum atomic E-state index is -0.535. The molecule has 4 rings (SSSR count). The Hall–Kier alpha value is -3.97. The van der Waals surface area contributed by atoms with Crippen LogP contribution in [0, 0.1) is 0 Å². The third-order valence-corrected chi connectivity index (χ3v) is 5.34. The molecule has 0 N–H and O–H groups in total. The SMILES string of the molecule is COc1cc(C=Nn2c(C(C)C)nc3ccccc3c2=O)ccc1OC(=O)c1ccc(Cl)cc1. The lowest BCUT2D eigenvalue weighted by atomic mass is 10.2. The number of hydrogen-bond donors (Lipinski definition) is 0. The first-order valence-electron chi connectivity index (χ1n) is 10.6. The van der Waals surface area contributed by atoms with Crippen LogP contribution >= 0.6 is 11.6 Å². The molecular weight excluding hydrogens is 454 g/mol. The van der Waals surface area contributed by atoms with Crippen LogP contribution < -0.4 is 15.0 Å². The average Bonchev–Trinajstić information content (AvgIpc) is 2.84. The first kappa shape index (κ1) is 23.2. The van der Waals surface area contributed by atoms with Gasteiger partial charge in [-0.2, -0.15) is 9.78 Å². The number of ether oxygens (including phenoxy) is 2. The van der Waals surface area contributed by atoms with Crippen LogP contribution in [0.25, 0.3) is 10.9 Å². The highest BCUT2D eigenvalue weighted by atomic mass is 35.5. The summed E-state index contributed by atoms with van der Waals surface area (Å²) in [4.78, 5) is 30.1. The Balaban J connectivity index is 1.64. The Labute approximate surface area is 201 Å². The molecule has 0 spiro atoms. The van der Waals surface area contributed by atoms with Gasteiger partial charge in [-0.25, -0.2) is 9.78 Å². The molecule has 0 aliphatic rings. The van der Waals surface area contributed by atoms with Crippen molar-refractivity contribution < 1.29 is 14.3 Å². The largest absolute Gasteiger partial charge is 0.493 e. The lowest BCUT2D eigenvalue weighted by molar-refractivity contribution is 0.0729. The normalized spacial score (nSPS) is 11.3. The third kappa shape index (κ3) is 4.84. The number of fused-ring (bicyclic) bond motifs is 1. The Morgan fingerprint density at radius 2 is 1.79 bits per heavy atom. The molecule has 34 heavy (non-hydrogen) atoms. The van der Waals surface area contributed by atoms with Crippen molar-refractivity contribution in [3.63, 3.8) is 0 Å². The highest BCUT2D eigenvalue weighted by molar-refractivity contribution is 6.30. The maximum absolute atomic E-state index is 13.0. The maximum atomic E-state index is 13.0. The van der Waals surface area contributed by atoms with Gasteiger partial charge in [-0.3, -0.25) is 4.79 Å². The zero-order chi connectivity index (χ0) is 24.2. The van der Waals surface area contributed by atoms with Gasteiger partial charge >= 0.3 is 5.97 Å². The molecule has 0 saturated carbocycles. The molecule has 0 aliphatic heterocycles. The molecule has 8 heteroatoms. The van der Waals surface area contributed by atoms with Gasteiger partial charge in [0.25, 0.3) is 5.56 Å². The van der Waals surface area contributed by atoms with Crippen molar-refractivity contribution in [3.05, 3.63) is 99.1 Å². The van der Waals surface area contributed by atoms with Gasteiger partial charge in [0.15, 0.2) is 11.5 Å². The number of carbonyl (C=O) groups excluding carboxylic acids is 1. The van der Waals surface area contributed by atoms with Gasteiger partial charge in [-0.1, -0.05) is 37.6 Å². The Morgan fingerprint density at radius 3 is 2.50 bits per heavy atom. The summed E-state index contributed by atoms with van der Waals surface area (Å²) in [5, 5.41) is 5.43. The van der Waals surface area contributed by atoms with E-state index in [-0.39, 0.29) is 17.2 Å². The number of methoxy groups -OCH3 is 1. The molecule has 0 aliphatic carbocycles. The molecule has 0 fully saturated rings. The summed E-state index contributed by atoms with van der Waals surface area (Å²) in [7, 11) is 1.48. The minimum absolute atomic E-state index is 0.0151. The fourth-order valence-electron chi connectivity index (χ4n) is 3.34. The van der Waals surface area contributed by atoms with Crippen molar-refractivity contribution in [2.24, 2.45) is 5.10 Å². The number of rotatable bonds is 6. The van der Waals surface area contributed by atoms with Crippen molar-refractivity contribution in [2.75, 3.05) is 7.11 Å². The van der Waals surface area contributed by atoms with Crippen molar-refractivity contribution in [3.8, 4) is 11.5 Å². The third-order valence-electron chi connectivity index (χ3n) is 5.09. The molecule has 172 valence electrons. The number of benzene rings is 3.